The highest BCUT2D eigenvalue weighted by atomic mass is 16.5. The Morgan fingerprint density at radius 1 is 1.11 bits per heavy atom. The van der Waals surface area contributed by atoms with Gasteiger partial charge in [0.1, 0.15) is 5.75 Å². The summed E-state index contributed by atoms with van der Waals surface area (Å²) in [6.07, 6.45) is 0.754. The molecule has 6 nitrogen and oxygen atoms in total. The second-order valence-corrected chi connectivity index (χ2v) is 4.00. The lowest BCUT2D eigenvalue weighted by atomic mass is 10.2. The van der Waals surface area contributed by atoms with E-state index < -0.39 is 11.9 Å². The van der Waals surface area contributed by atoms with Crippen molar-refractivity contribution >= 4 is 11.9 Å². The van der Waals surface area contributed by atoms with Gasteiger partial charge in [0.05, 0.1) is 0 Å². The van der Waals surface area contributed by atoms with Crippen LogP contribution in [0.4, 0.5) is 0 Å². The summed E-state index contributed by atoms with van der Waals surface area (Å²) in [4.78, 5) is 20.6. The third-order valence-corrected chi connectivity index (χ3v) is 2.36. The largest absolute Gasteiger partial charge is 0.482 e. The molecule has 0 heterocycles. The van der Waals surface area contributed by atoms with E-state index in [0.29, 0.717) is 25.3 Å². The van der Waals surface area contributed by atoms with Gasteiger partial charge in [-0.15, -0.1) is 0 Å². The van der Waals surface area contributed by atoms with E-state index in [4.69, 9.17) is 14.9 Å². The first-order valence-electron chi connectivity index (χ1n) is 5.94. The van der Waals surface area contributed by atoms with Gasteiger partial charge >= 0.3 is 11.9 Å². The number of carboxylic acid groups (broad SMARTS) is 2. The van der Waals surface area contributed by atoms with Crippen molar-refractivity contribution in [3.8, 4) is 5.75 Å². The molecule has 0 aromatic heterocycles. The summed E-state index contributed by atoms with van der Waals surface area (Å²) in [6.45, 7) is 0.926. The van der Waals surface area contributed by atoms with Gasteiger partial charge in [-0.3, -0.25) is 4.79 Å². The maximum atomic E-state index is 10.3. The summed E-state index contributed by atoms with van der Waals surface area (Å²) in [6, 6.07) is 7.08. The van der Waals surface area contributed by atoms with Gasteiger partial charge in [0, 0.05) is 13.0 Å². The zero-order valence-corrected chi connectivity index (χ0v) is 10.5. The van der Waals surface area contributed by atoms with Crippen molar-refractivity contribution in [1.29, 1.82) is 0 Å². The Balaban J connectivity index is 2.24. The van der Waals surface area contributed by atoms with Crippen molar-refractivity contribution in [2.45, 2.75) is 19.4 Å². The quantitative estimate of drug-likeness (QED) is 0.580. The Hall–Kier alpha value is -2.08. The molecular formula is C13H17NO5. The predicted octanol–water partition coefficient (Wildman–Crippen LogP) is 1.10. The smallest absolute Gasteiger partial charge is 0.341 e. The molecule has 0 radical (unpaired) electrons. The van der Waals surface area contributed by atoms with Gasteiger partial charge in [-0.1, -0.05) is 12.1 Å². The van der Waals surface area contributed by atoms with Crippen molar-refractivity contribution in [1.82, 2.24) is 5.32 Å². The number of nitrogens with one attached hydrogen (secondary N) is 1. The van der Waals surface area contributed by atoms with Crippen LogP contribution in [0, 0.1) is 0 Å². The van der Waals surface area contributed by atoms with Crippen LogP contribution >= 0.6 is 0 Å². The average molecular weight is 267 g/mol. The number of hydrogen-bond donors (Lipinski definition) is 3. The summed E-state index contributed by atoms with van der Waals surface area (Å²) < 4.78 is 5.01. The van der Waals surface area contributed by atoms with E-state index in [1.165, 1.54) is 0 Å². The number of carboxylic acids is 2. The van der Waals surface area contributed by atoms with Crippen LogP contribution < -0.4 is 10.1 Å². The first kappa shape index (κ1) is 15.0. The predicted molar refractivity (Wildman–Crippen MR) is 68.1 cm³/mol. The molecule has 19 heavy (non-hydrogen) atoms. The fourth-order valence-electron chi connectivity index (χ4n) is 1.45. The molecule has 104 valence electrons. The van der Waals surface area contributed by atoms with Crippen LogP contribution in [0.2, 0.25) is 0 Å². The van der Waals surface area contributed by atoms with Crippen molar-refractivity contribution in [2.24, 2.45) is 0 Å². The molecular weight excluding hydrogens is 250 g/mol. The van der Waals surface area contributed by atoms with Crippen molar-refractivity contribution < 1.29 is 24.5 Å². The van der Waals surface area contributed by atoms with E-state index in [-0.39, 0.29) is 13.0 Å². The minimum Gasteiger partial charge on any atom is -0.482 e. The maximum Gasteiger partial charge on any atom is 0.341 e. The van der Waals surface area contributed by atoms with Crippen LogP contribution in [0.1, 0.15) is 18.4 Å². The molecule has 0 saturated heterocycles. The van der Waals surface area contributed by atoms with Crippen LogP contribution in [-0.2, 0) is 16.1 Å². The molecule has 1 aromatic carbocycles. The second kappa shape index (κ2) is 8.10. The summed E-state index contributed by atoms with van der Waals surface area (Å²) in [7, 11) is 0. The zero-order valence-electron chi connectivity index (χ0n) is 10.5. The average Bonchev–Trinajstić information content (AvgIpc) is 2.37. The first-order chi connectivity index (χ1) is 9.08. The SMILES string of the molecule is O=C(O)CCCNCc1ccc(OCC(=O)O)cc1. The fraction of sp³-hybridized carbons (Fsp3) is 0.385. The Morgan fingerprint density at radius 2 is 1.79 bits per heavy atom. The van der Waals surface area contributed by atoms with E-state index >= 15 is 0 Å². The lowest BCUT2D eigenvalue weighted by molar-refractivity contribution is -0.139. The van der Waals surface area contributed by atoms with E-state index in [0.717, 1.165) is 5.56 Å². The summed E-state index contributed by atoms with van der Waals surface area (Å²) in [5.41, 5.74) is 1.03. The van der Waals surface area contributed by atoms with Crippen LogP contribution in [0.25, 0.3) is 0 Å². The lowest BCUT2D eigenvalue weighted by Gasteiger charge is -2.06. The number of carbonyl (C=O) groups is 2. The van der Waals surface area contributed by atoms with Crippen molar-refractivity contribution in [3.05, 3.63) is 29.8 Å². The first-order valence-corrected chi connectivity index (χ1v) is 5.94. The molecule has 0 saturated carbocycles. The highest BCUT2D eigenvalue weighted by Crippen LogP contribution is 2.11. The maximum absolute atomic E-state index is 10.3. The van der Waals surface area contributed by atoms with E-state index in [1.807, 2.05) is 12.1 Å². The monoisotopic (exact) mass is 267 g/mol. The molecule has 0 bridgehead atoms. The van der Waals surface area contributed by atoms with Gasteiger partial charge in [-0.2, -0.15) is 0 Å². The number of benzene rings is 1. The molecule has 0 aliphatic heterocycles. The molecule has 0 amide bonds. The molecule has 0 aliphatic rings. The molecule has 0 atom stereocenters. The van der Waals surface area contributed by atoms with Crippen molar-refractivity contribution in [2.75, 3.05) is 13.2 Å². The van der Waals surface area contributed by atoms with Gasteiger partial charge in [0.15, 0.2) is 6.61 Å². The van der Waals surface area contributed by atoms with Gasteiger partial charge < -0.3 is 20.3 Å². The lowest BCUT2D eigenvalue weighted by Crippen LogP contribution is -2.15. The van der Waals surface area contributed by atoms with E-state index in [9.17, 15) is 9.59 Å². The highest BCUT2D eigenvalue weighted by Gasteiger charge is 2.00. The van der Waals surface area contributed by atoms with Gasteiger partial charge in [0.2, 0.25) is 0 Å². The van der Waals surface area contributed by atoms with Gasteiger partial charge in [0.25, 0.3) is 0 Å². The molecule has 3 N–H and O–H groups in total. The second-order valence-electron chi connectivity index (χ2n) is 4.00. The summed E-state index contributed by atoms with van der Waals surface area (Å²) in [5.74, 6) is -1.29. The highest BCUT2D eigenvalue weighted by molar-refractivity contribution is 5.68. The third-order valence-electron chi connectivity index (χ3n) is 2.36. The fourth-order valence-corrected chi connectivity index (χ4v) is 1.45. The number of rotatable bonds is 9. The Labute approximate surface area is 111 Å². The van der Waals surface area contributed by atoms with Crippen LogP contribution in [-0.4, -0.2) is 35.3 Å². The summed E-state index contributed by atoms with van der Waals surface area (Å²) >= 11 is 0. The zero-order chi connectivity index (χ0) is 14.1. The Morgan fingerprint density at radius 3 is 2.37 bits per heavy atom. The molecule has 1 aromatic rings. The number of ether oxygens (including phenoxy) is 1. The normalized spacial score (nSPS) is 10.1. The van der Waals surface area contributed by atoms with Crippen LogP contribution in [0.15, 0.2) is 24.3 Å². The molecule has 6 heteroatoms. The molecule has 0 unspecified atom stereocenters. The topological polar surface area (TPSA) is 95.9 Å². The Kier molecular flexibility index (Phi) is 6.38. The molecule has 1 rings (SSSR count). The Bertz CT molecular complexity index is 416. The van der Waals surface area contributed by atoms with E-state index in [1.54, 1.807) is 12.1 Å². The summed E-state index contributed by atoms with van der Waals surface area (Å²) in [5, 5.41) is 20.1. The van der Waals surface area contributed by atoms with Crippen LogP contribution in [0.5, 0.6) is 5.75 Å². The standard InChI is InChI=1S/C13H17NO5/c15-12(16)2-1-7-14-8-10-3-5-11(6-4-10)19-9-13(17)18/h3-6,14H,1-2,7-9H2,(H,15,16)(H,17,18). The van der Waals surface area contributed by atoms with Gasteiger partial charge in [-0.05, 0) is 30.7 Å². The molecule has 0 fully saturated rings. The van der Waals surface area contributed by atoms with Crippen LogP contribution in [0.3, 0.4) is 0 Å². The molecule has 0 spiro atoms. The van der Waals surface area contributed by atoms with Crippen molar-refractivity contribution in [3.63, 3.8) is 0 Å². The third kappa shape index (κ3) is 7.05. The minimum absolute atomic E-state index is 0.162. The number of hydrogen-bond acceptors (Lipinski definition) is 4. The minimum atomic E-state index is -1.01. The van der Waals surface area contributed by atoms with Gasteiger partial charge in [-0.25, -0.2) is 4.79 Å². The number of aliphatic carboxylic acids is 2. The molecule has 0 aliphatic carbocycles. The van der Waals surface area contributed by atoms with E-state index in [2.05, 4.69) is 5.32 Å².